The van der Waals surface area contributed by atoms with Crippen LogP contribution in [-0.2, 0) is 4.74 Å². The van der Waals surface area contributed by atoms with Gasteiger partial charge in [0.15, 0.2) is 0 Å². The van der Waals surface area contributed by atoms with Gasteiger partial charge in [0, 0.05) is 12.6 Å². The van der Waals surface area contributed by atoms with E-state index in [1.54, 1.807) is 0 Å². The number of likely N-dealkylation sites (N-methyl/N-ethyl adjacent to an activating group) is 1. The molecule has 13 heavy (non-hydrogen) atoms. The van der Waals surface area contributed by atoms with Crippen LogP contribution in [0, 0.1) is 0 Å². The van der Waals surface area contributed by atoms with Crippen molar-refractivity contribution in [3.63, 3.8) is 0 Å². The number of aliphatic hydroxyl groups excluding tert-OH is 1. The Morgan fingerprint density at radius 1 is 1.54 bits per heavy atom. The van der Waals surface area contributed by atoms with E-state index in [0.29, 0.717) is 6.54 Å². The summed E-state index contributed by atoms with van der Waals surface area (Å²) in [7, 11) is 3.94. The summed E-state index contributed by atoms with van der Waals surface area (Å²) in [6, 6.07) is 0.164. The number of rotatable bonds is 2. The fourth-order valence-corrected chi connectivity index (χ4v) is 1.83. The van der Waals surface area contributed by atoms with Crippen molar-refractivity contribution in [3.8, 4) is 0 Å². The average Bonchev–Trinajstić information content (AvgIpc) is 2.09. The molecule has 0 spiro atoms. The molecule has 0 aromatic heterocycles. The SMILES string of the molecule is C[C@@H]1O[C@H](CN)CC(N(C)C)C1O. The molecule has 0 bridgehead atoms. The van der Waals surface area contributed by atoms with Gasteiger partial charge in [-0.2, -0.15) is 0 Å². The molecular formula is C9H20N2O2. The van der Waals surface area contributed by atoms with Gasteiger partial charge in [-0.15, -0.1) is 0 Å². The Morgan fingerprint density at radius 3 is 2.62 bits per heavy atom. The number of ether oxygens (including phenoxy) is 1. The van der Waals surface area contributed by atoms with E-state index in [1.807, 2.05) is 25.9 Å². The molecule has 0 aromatic rings. The lowest BCUT2D eigenvalue weighted by molar-refractivity contribution is -0.136. The highest BCUT2D eigenvalue weighted by molar-refractivity contribution is 4.88. The maximum absolute atomic E-state index is 9.81. The Labute approximate surface area is 79.7 Å². The number of aliphatic hydroxyl groups is 1. The molecular weight excluding hydrogens is 168 g/mol. The molecule has 2 unspecified atom stereocenters. The molecule has 1 saturated heterocycles. The van der Waals surface area contributed by atoms with E-state index >= 15 is 0 Å². The maximum atomic E-state index is 9.81. The van der Waals surface area contributed by atoms with Crippen molar-refractivity contribution in [2.24, 2.45) is 5.73 Å². The van der Waals surface area contributed by atoms with Crippen molar-refractivity contribution in [2.75, 3.05) is 20.6 Å². The van der Waals surface area contributed by atoms with Gasteiger partial charge in [-0.05, 0) is 27.4 Å². The molecule has 4 nitrogen and oxygen atoms in total. The molecule has 1 heterocycles. The normalized spacial score (nSPS) is 41.1. The van der Waals surface area contributed by atoms with Gasteiger partial charge in [0.25, 0.3) is 0 Å². The standard InChI is InChI=1S/C9H20N2O2/c1-6-9(12)8(11(2)3)4-7(5-10)13-6/h6-9,12H,4-5,10H2,1-3H3/t6-,7-,8?,9?/m0/s1. The summed E-state index contributed by atoms with van der Waals surface area (Å²) in [5, 5.41) is 9.81. The molecule has 0 saturated carbocycles. The maximum Gasteiger partial charge on any atom is 0.0954 e. The topological polar surface area (TPSA) is 58.7 Å². The van der Waals surface area contributed by atoms with Crippen LogP contribution in [0.1, 0.15) is 13.3 Å². The van der Waals surface area contributed by atoms with Gasteiger partial charge in [-0.25, -0.2) is 0 Å². The third-order valence-corrected chi connectivity index (χ3v) is 2.71. The highest BCUT2D eigenvalue weighted by Crippen LogP contribution is 2.22. The lowest BCUT2D eigenvalue weighted by Crippen LogP contribution is -2.54. The molecule has 78 valence electrons. The fraction of sp³-hybridized carbons (Fsp3) is 1.00. The molecule has 0 aromatic carbocycles. The Bertz CT molecular complexity index is 164. The Hall–Kier alpha value is -0.160. The number of hydrogen-bond acceptors (Lipinski definition) is 4. The second kappa shape index (κ2) is 4.37. The third kappa shape index (κ3) is 2.40. The molecule has 0 aliphatic carbocycles. The zero-order chi connectivity index (χ0) is 10.0. The predicted octanol–water partition coefficient (Wildman–Crippen LogP) is -0.586. The van der Waals surface area contributed by atoms with E-state index in [9.17, 15) is 5.11 Å². The van der Waals surface area contributed by atoms with Gasteiger partial charge in [-0.1, -0.05) is 0 Å². The van der Waals surface area contributed by atoms with Crippen molar-refractivity contribution in [3.05, 3.63) is 0 Å². The van der Waals surface area contributed by atoms with Gasteiger partial charge >= 0.3 is 0 Å². The second-order valence-corrected chi connectivity index (χ2v) is 3.96. The van der Waals surface area contributed by atoms with Crippen LogP contribution in [0.4, 0.5) is 0 Å². The molecule has 0 radical (unpaired) electrons. The van der Waals surface area contributed by atoms with Crippen LogP contribution < -0.4 is 5.73 Å². The molecule has 1 aliphatic rings. The van der Waals surface area contributed by atoms with Gasteiger partial charge in [0.05, 0.1) is 18.3 Å². The highest BCUT2D eigenvalue weighted by atomic mass is 16.5. The van der Waals surface area contributed by atoms with Crippen LogP contribution >= 0.6 is 0 Å². The summed E-state index contributed by atoms with van der Waals surface area (Å²) < 4.78 is 5.53. The molecule has 4 atom stereocenters. The van der Waals surface area contributed by atoms with Crippen molar-refractivity contribution >= 4 is 0 Å². The first kappa shape index (κ1) is 10.9. The van der Waals surface area contributed by atoms with E-state index in [4.69, 9.17) is 10.5 Å². The molecule has 1 aliphatic heterocycles. The van der Waals surface area contributed by atoms with E-state index in [-0.39, 0.29) is 18.2 Å². The summed E-state index contributed by atoms with van der Waals surface area (Å²) in [4.78, 5) is 2.03. The van der Waals surface area contributed by atoms with Crippen molar-refractivity contribution in [1.29, 1.82) is 0 Å². The first-order valence-electron chi connectivity index (χ1n) is 4.76. The van der Waals surface area contributed by atoms with E-state index in [1.165, 1.54) is 0 Å². The van der Waals surface area contributed by atoms with E-state index in [0.717, 1.165) is 6.42 Å². The average molecular weight is 188 g/mol. The van der Waals surface area contributed by atoms with Gasteiger partial charge in [0.2, 0.25) is 0 Å². The monoisotopic (exact) mass is 188 g/mol. The molecule has 4 heteroatoms. The minimum Gasteiger partial charge on any atom is -0.389 e. The first-order valence-corrected chi connectivity index (χ1v) is 4.76. The molecule has 1 rings (SSSR count). The number of nitrogens with two attached hydrogens (primary N) is 1. The molecule has 1 fully saturated rings. The first-order chi connectivity index (χ1) is 6.06. The minimum absolute atomic E-state index is 0.0887. The van der Waals surface area contributed by atoms with Crippen LogP contribution in [0.3, 0.4) is 0 Å². The smallest absolute Gasteiger partial charge is 0.0954 e. The van der Waals surface area contributed by atoms with E-state index in [2.05, 4.69) is 0 Å². The van der Waals surface area contributed by atoms with Crippen molar-refractivity contribution in [2.45, 2.75) is 37.7 Å². The van der Waals surface area contributed by atoms with Crippen molar-refractivity contribution in [1.82, 2.24) is 4.90 Å². The van der Waals surface area contributed by atoms with Gasteiger partial charge in [-0.3, -0.25) is 0 Å². The Kier molecular flexibility index (Phi) is 3.67. The zero-order valence-electron chi connectivity index (χ0n) is 8.60. The summed E-state index contributed by atoms with van der Waals surface area (Å²) >= 11 is 0. The highest BCUT2D eigenvalue weighted by Gasteiger charge is 2.35. The lowest BCUT2D eigenvalue weighted by Gasteiger charge is -2.40. The van der Waals surface area contributed by atoms with Crippen molar-refractivity contribution < 1.29 is 9.84 Å². The number of nitrogens with zero attached hydrogens (tertiary/aromatic N) is 1. The molecule has 0 amide bonds. The lowest BCUT2D eigenvalue weighted by atomic mass is 9.95. The largest absolute Gasteiger partial charge is 0.389 e. The summed E-state index contributed by atoms with van der Waals surface area (Å²) in [6.45, 7) is 2.42. The number of hydrogen-bond donors (Lipinski definition) is 2. The van der Waals surface area contributed by atoms with Gasteiger partial charge in [0.1, 0.15) is 0 Å². The molecule has 3 N–H and O–H groups in total. The van der Waals surface area contributed by atoms with Crippen LogP contribution in [-0.4, -0.2) is 55.0 Å². The van der Waals surface area contributed by atoms with Gasteiger partial charge < -0.3 is 20.5 Å². The third-order valence-electron chi connectivity index (χ3n) is 2.71. The summed E-state index contributed by atoms with van der Waals surface area (Å²) in [5.74, 6) is 0. The van der Waals surface area contributed by atoms with Crippen LogP contribution in [0.25, 0.3) is 0 Å². The quantitative estimate of drug-likeness (QED) is 0.608. The predicted molar refractivity (Wildman–Crippen MR) is 51.5 cm³/mol. The van der Waals surface area contributed by atoms with E-state index < -0.39 is 6.10 Å². The van der Waals surface area contributed by atoms with Crippen LogP contribution in [0.2, 0.25) is 0 Å². The zero-order valence-corrected chi connectivity index (χ0v) is 8.60. The van der Waals surface area contributed by atoms with Crippen LogP contribution in [0.15, 0.2) is 0 Å². The second-order valence-electron chi connectivity index (χ2n) is 3.96. The Morgan fingerprint density at radius 2 is 2.15 bits per heavy atom. The fourth-order valence-electron chi connectivity index (χ4n) is 1.83. The minimum atomic E-state index is -0.405. The Balaban J connectivity index is 2.60. The van der Waals surface area contributed by atoms with Crippen LogP contribution in [0.5, 0.6) is 0 Å². The summed E-state index contributed by atoms with van der Waals surface area (Å²) in [5.41, 5.74) is 5.55. The summed E-state index contributed by atoms with van der Waals surface area (Å²) in [6.07, 6.45) is 0.382.